The molecule has 0 heterocycles. The van der Waals surface area contributed by atoms with Gasteiger partial charge in [-0.05, 0) is 31.0 Å². The van der Waals surface area contributed by atoms with Crippen molar-refractivity contribution in [2.75, 3.05) is 6.54 Å². The maximum absolute atomic E-state index is 13.2. The molecule has 0 saturated carbocycles. The lowest BCUT2D eigenvalue weighted by molar-refractivity contribution is 0.196. The summed E-state index contributed by atoms with van der Waals surface area (Å²) in [6, 6.07) is 4.81. The molecule has 1 aromatic carbocycles. The summed E-state index contributed by atoms with van der Waals surface area (Å²) in [5.74, 6) is -0.0372. The monoisotopic (exact) mass is 197 g/mol. The molecular weight excluding hydrogens is 181 g/mol. The van der Waals surface area contributed by atoms with Crippen molar-refractivity contribution in [2.24, 2.45) is 5.73 Å². The number of halogens is 1. The second kappa shape index (κ2) is 4.96. The van der Waals surface area contributed by atoms with Gasteiger partial charge in [-0.1, -0.05) is 13.0 Å². The summed E-state index contributed by atoms with van der Waals surface area (Å²) in [6.07, 6.45) is 0.676. The first-order valence-electron chi connectivity index (χ1n) is 4.80. The molecule has 3 heteroatoms. The summed E-state index contributed by atoms with van der Waals surface area (Å²) in [4.78, 5) is 0. The lowest BCUT2D eigenvalue weighted by atomic mass is 10.2. The zero-order chi connectivity index (χ0) is 10.6. The molecule has 1 atom stereocenters. The molecule has 2 N–H and O–H groups in total. The second-order valence-corrected chi connectivity index (χ2v) is 3.32. The average molecular weight is 197 g/mol. The number of benzene rings is 1. The number of hydrogen-bond acceptors (Lipinski definition) is 2. The number of nitrogens with two attached hydrogens (primary N) is 1. The minimum absolute atomic E-state index is 0.105. The van der Waals surface area contributed by atoms with Crippen LogP contribution in [0.15, 0.2) is 18.2 Å². The molecule has 0 aliphatic heterocycles. The third-order valence-electron chi connectivity index (χ3n) is 2.10. The Morgan fingerprint density at radius 1 is 1.50 bits per heavy atom. The molecule has 0 amide bonds. The number of aryl methyl sites for hydroxylation is 1. The maximum atomic E-state index is 13.2. The molecule has 78 valence electrons. The highest BCUT2D eigenvalue weighted by atomic mass is 19.1. The molecule has 0 aromatic heterocycles. The molecule has 0 bridgehead atoms. The molecule has 1 aromatic rings. The third-order valence-corrected chi connectivity index (χ3v) is 2.10. The highest BCUT2D eigenvalue weighted by Gasteiger charge is 2.09. The predicted octanol–water partition coefficient (Wildman–Crippen LogP) is 2.25. The van der Waals surface area contributed by atoms with Crippen molar-refractivity contribution >= 4 is 0 Å². The smallest absolute Gasteiger partial charge is 0.165 e. The van der Waals surface area contributed by atoms with Crippen molar-refractivity contribution in [3.05, 3.63) is 29.6 Å². The Balaban J connectivity index is 2.79. The number of rotatable bonds is 4. The topological polar surface area (TPSA) is 35.2 Å². The highest BCUT2D eigenvalue weighted by Crippen LogP contribution is 2.20. The summed E-state index contributed by atoms with van der Waals surface area (Å²) in [5.41, 5.74) is 6.45. The van der Waals surface area contributed by atoms with Crippen LogP contribution in [0.2, 0.25) is 0 Å². The van der Waals surface area contributed by atoms with E-state index in [1.54, 1.807) is 12.1 Å². The van der Waals surface area contributed by atoms with Gasteiger partial charge in [-0.15, -0.1) is 0 Å². The van der Waals surface area contributed by atoms with Crippen molar-refractivity contribution in [3.8, 4) is 5.75 Å². The van der Waals surface area contributed by atoms with E-state index in [0.717, 1.165) is 12.0 Å². The number of hydrogen-bond donors (Lipinski definition) is 1. The van der Waals surface area contributed by atoms with E-state index >= 15 is 0 Å². The van der Waals surface area contributed by atoms with E-state index in [2.05, 4.69) is 0 Å². The molecule has 0 saturated heterocycles. The predicted molar refractivity (Wildman–Crippen MR) is 54.9 cm³/mol. The van der Waals surface area contributed by atoms with Gasteiger partial charge in [0.1, 0.15) is 6.10 Å². The summed E-state index contributed by atoms with van der Waals surface area (Å²) in [7, 11) is 0. The van der Waals surface area contributed by atoms with E-state index in [-0.39, 0.29) is 11.9 Å². The van der Waals surface area contributed by atoms with E-state index < -0.39 is 0 Å². The van der Waals surface area contributed by atoms with Crippen LogP contribution in [0.25, 0.3) is 0 Å². The van der Waals surface area contributed by atoms with Crippen LogP contribution < -0.4 is 10.5 Å². The van der Waals surface area contributed by atoms with Gasteiger partial charge in [-0.3, -0.25) is 0 Å². The highest BCUT2D eigenvalue weighted by molar-refractivity contribution is 5.29. The quantitative estimate of drug-likeness (QED) is 0.803. The normalized spacial score (nSPS) is 12.6. The van der Waals surface area contributed by atoms with Crippen LogP contribution in [0.1, 0.15) is 18.9 Å². The maximum Gasteiger partial charge on any atom is 0.165 e. The first-order valence-corrected chi connectivity index (χ1v) is 4.80. The largest absolute Gasteiger partial charge is 0.486 e. The molecule has 2 nitrogen and oxygen atoms in total. The Morgan fingerprint density at radius 3 is 2.79 bits per heavy atom. The fourth-order valence-electron chi connectivity index (χ4n) is 1.18. The molecule has 0 aliphatic rings. The summed E-state index contributed by atoms with van der Waals surface area (Å²) in [6.45, 7) is 4.27. The molecular formula is C11H16FNO. The Labute approximate surface area is 83.9 Å². The van der Waals surface area contributed by atoms with Gasteiger partial charge in [-0.2, -0.15) is 0 Å². The first-order chi connectivity index (χ1) is 6.67. The van der Waals surface area contributed by atoms with Crippen LogP contribution in [0.5, 0.6) is 5.75 Å². The standard InChI is InChI=1S/C11H16FNO/c1-3-9(7-13)14-11-6-8(2)4-5-10(11)12/h4-6,9H,3,7,13H2,1-2H3. The van der Waals surface area contributed by atoms with Crippen LogP contribution in [-0.4, -0.2) is 12.6 Å². The second-order valence-electron chi connectivity index (χ2n) is 3.32. The first kappa shape index (κ1) is 11.0. The van der Waals surface area contributed by atoms with Gasteiger partial charge in [0.2, 0.25) is 0 Å². The van der Waals surface area contributed by atoms with Crippen molar-refractivity contribution < 1.29 is 9.13 Å². The van der Waals surface area contributed by atoms with Crippen molar-refractivity contribution in [3.63, 3.8) is 0 Å². The zero-order valence-electron chi connectivity index (χ0n) is 8.59. The van der Waals surface area contributed by atoms with Gasteiger partial charge in [0.15, 0.2) is 11.6 Å². The fraction of sp³-hybridized carbons (Fsp3) is 0.455. The minimum Gasteiger partial charge on any atom is -0.486 e. The van der Waals surface area contributed by atoms with Gasteiger partial charge < -0.3 is 10.5 Å². The van der Waals surface area contributed by atoms with Crippen LogP contribution in [0.3, 0.4) is 0 Å². The van der Waals surface area contributed by atoms with E-state index in [9.17, 15) is 4.39 Å². The van der Waals surface area contributed by atoms with E-state index in [4.69, 9.17) is 10.5 Å². The summed E-state index contributed by atoms with van der Waals surface area (Å²) in [5, 5.41) is 0. The molecule has 0 fully saturated rings. The molecule has 1 rings (SSSR count). The lowest BCUT2D eigenvalue weighted by Crippen LogP contribution is -2.26. The van der Waals surface area contributed by atoms with Crippen molar-refractivity contribution in [1.82, 2.24) is 0 Å². The molecule has 0 radical (unpaired) electrons. The average Bonchev–Trinajstić information content (AvgIpc) is 2.19. The molecule has 0 aliphatic carbocycles. The van der Waals surface area contributed by atoms with Crippen molar-refractivity contribution in [2.45, 2.75) is 26.4 Å². The van der Waals surface area contributed by atoms with E-state index in [1.807, 2.05) is 13.8 Å². The fourth-order valence-corrected chi connectivity index (χ4v) is 1.18. The molecule has 1 unspecified atom stereocenters. The molecule has 14 heavy (non-hydrogen) atoms. The van der Waals surface area contributed by atoms with Gasteiger partial charge in [-0.25, -0.2) is 4.39 Å². The van der Waals surface area contributed by atoms with Crippen LogP contribution in [0, 0.1) is 12.7 Å². The van der Waals surface area contributed by atoms with E-state index in [0.29, 0.717) is 12.3 Å². The summed E-state index contributed by atoms with van der Waals surface area (Å²) >= 11 is 0. The Bertz CT molecular complexity index is 297. The van der Waals surface area contributed by atoms with Crippen LogP contribution in [-0.2, 0) is 0 Å². The third kappa shape index (κ3) is 2.70. The minimum atomic E-state index is -0.331. The van der Waals surface area contributed by atoms with Crippen LogP contribution >= 0.6 is 0 Å². The van der Waals surface area contributed by atoms with Gasteiger partial charge in [0.25, 0.3) is 0 Å². The van der Waals surface area contributed by atoms with Gasteiger partial charge in [0, 0.05) is 6.54 Å². The van der Waals surface area contributed by atoms with E-state index in [1.165, 1.54) is 6.07 Å². The van der Waals surface area contributed by atoms with Crippen molar-refractivity contribution in [1.29, 1.82) is 0 Å². The Morgan fingerprint density at radius 2 is 2.21 bits per heavy atom. The molecule has 0 spiro atoms. The Hall–Kier alpha value is -1.09. The number of ether oxygens (including phenoxy) is 1. The zero-order valence-corrected chi connectivity index (χ0v) is 8.59. The van der Waals surface area contributed by atoms with Gasteiger partial charge >= 0.3 is 0 Å². The van der Waals surface area contributed by atoms with Gasteiger partial charge in [0.05, 0.1) is 0 Å². The lowest BCUT2D eigenvalue weighted by Gasteiger charge is -2.16. The van der Waals surface area contributed by atoms with Crippen LogP contribution in [0.4, 0.5) is 4.39 Å². The summed E-state index contributed by atoms with van der Waals surface area (Å²) < 4.78 is 18.7. The SMILES string of the molecule is CCC(CN)Oc1cc(C)ccc1F. The Kier molecular flexibility index (Phi) is 3.89.